The summed E-state index contributed by atoms with van der Waals surface area (Å²) in [5.74, 6) is 0.370. The maximum atomic E-state index is 11.3. The molecule has 0 radical (unpaired) electrons. The molecule has 0 aliphatic rings. The van der Waals surface area contributed by atoms with Crippen LogP contribution in [0.15, 0.2) is 17.8 Å². The van der Waals surface area contributed by atoms with Gasteiger partial charge in [0.2, 0.25) is 0 Å². The average molecular weight is 206 g/mol. The van der Waals surface area contributed by atoms with Gasteiger partial charge in [-0.2, -0.15) is 0 Å². The lowest BCUT2D eigenvalue weighted by Gasteiger charge is -2.01. The van der Waals surface area contributed by atoms with Crippen molar-refractivity contribution in [2.24, 2.45) is 0 Å². The number of nitrogens with zero attached hydrogens (tertiary/aromatic N) is 2. The minimum Gasteiger partial charge on any atom is -0.463 e. The molecule has 4 nitrogen and oxygen atoms in total. The van der Waals surface area contributed by atoms with Crippen LogP contribution in [-0.4, -0.2) is 22.5 Å². The Balaban J connectivity index is 2.82. The van der Waals surface area contributed by atoms with Crippen molar-refractivity contribution in [2.75, 3.05) is 6.61 Å². The summed E-state index contributed by atoms with van der Waals surface area (Å²) >= 11 is 0. The molecule has 15 heavy (non-hydrogen) atoms. The van der Waals surface area contributed by atoms with Gasteiger partial charge in [-0.3, -0.25) is 0 Å². The summed E-state index contributed by atoms with van der Waals surface area (Å²) in [6.07, 6.45) is 3.35. The second-order valence-electron chi connectivity index (χ2n) is 3.08. The van der Waals surface area contributed by atoms with E-state index in [9.17, 15) is 4.79 Å². The molecule has 0 spiro atoms. The predicted molar refractivity (Wildman–Crippen MR) is 57.1 cm³/mol. The number of carbonyl (C=O) groups is 1. The van der Waals surface area contributed by atoms with Crippen molar-refractivity contribution in [3.63, 3.8) is 0 Å². The van der Waals surface area contributed by atoms with Crippen molar-refractivity contribution in [2.45, 2.75) is 20.8 Å². The van der Waals surface area contributed by atoms with E-state index in [1.807, 2.05) is 0 Å². The SMILES string of the molecule is CCOC(=O)/C(C)=C/c1ccnc(C)n1. The number of hydrogen-bond donors (Lipinski definition) is 0. The van der Waals surface area contributed by atoms with E-state index in [2.05, 4.69) is 9.97 Å². The molecule has 0 bridgehead atoms. The van der Waals surface area contributed by atoms with Gasteiger partial charge >= 0.3 is 5.97 Å². The second kappa shape index (κ2) is 5.24. The number of esters is 1. The lowest BCUT2D eigenvalue weighted by Crippen LogP contribution is -2.05. The maximum Gasteiger partial charge on any atom is 0.333 e. The molecule has 0 atom stereocenters. The van der Waals surface area contributed by atoms with Crippen LogP contribution in [0.1, 0.15) is 25.4 Å². The summed E-state index contributed by atoms with van der Waals surface area (Å²) in [4.78, 5) is 19.4. The summed E-state index contributed by atoms with van der Waals surface area (Å²) in [5, 5.41) is 0. The summed E-state index contributed by atoms with van der Waals surface area (Å²) in [7, 11) is 0. The minimum absolute atomic E-state index is 0.311. The molecule has 0 aliphatic heterocycles. The summed E-state index contributed by atoms with van der Waals surface area (Å²) in [6, 6.07) is 1.75. The first-order chi connectivity index (χ1) is 7.13. The van der Waals surface area contributed by atoms with E-state index in [0.29, 0.717) is 23.7 Å². The van der Waals surface area contributed by atoms with Crippen LogP contribution in [0, 0.1) is 6.92 Å². The monoisotopic (exact) mass is 206 g/mol. The van der Waals surface area contributed by atoms with E-state index < -0.39 is 0 Å². The Morgan fingerprint density at radius 1 is 1.60 bits per heavy atom. The van der Waals surface area contributed by atoms with E-state index in [1.165, 1.54) is 0 Å². The van der Waals surface area contributed by atoms with E-state index in [-0.39, 0.29) is 5.97 Å². The van der Waals surface area contributed by atoms with Gasteiger partial charge in [-0.05, 0) is 32.9 Å². The van der Waals surface area contributed by atoms with Crippen molar-refractivity contribution in [1.29, 1.82) is 0 Å². The highest BCUT2D eigenvalue weighted by molar-refractivity contribution is 5.92. The van der Waals surface area contributed by atoms with Crippen molar-refractivity contribution in [3.05, 3.63) is 29.4 Å². The predicted octanol–water partition coefficient (Wildman–Crippen LogP) is 1.75. The molecule has 1 rings (SSSR count). The van der Waals surface area contributed by atoms with Gasteiger partial charge in [0.1, 0.15) is 5.82 Å². The Hall–Kier alpha value is -1.71. The fourth-order valence-electron chi connectivity index (χ4n) is 1.08. The summed E-state index contributed by atoms with van der Waals surface area (Å²) in [6.45, 7) is 5.67. The van der Waals surface area contributed by atoms with Gasteiger partial charge in [-0.1, -0.05) is 0 Å². The quantitative estimate of drug-likeness (QED) is 0.558. The van der Waals surface area contributed by atoms with Gasteiger partial charge in [0.25, 0.3) is 0 Å². The van der Waals surface area contributed by atoms with E-state index in [1.54, 1.807) is 39.1 Å². The Labute approximate surface area is 89.0 Å². The zero-order valence-electron chi connectivity index (χ0n) is 9.15. The fraction of sp³-hybridized carbons (Fsp3) is 0.364. The molecule has 80 valence electrons. The van der Waals surface area contributed by atoms with Crippen LogP contribution in [0.2, 0.25) is 0 Å². The molecule has 1 aromatic rings. The van der Waals surface area contributed by atoms with Gasteiger partial charge in [0.05, 0.1) is 12.3 Å². The molecule has 0 saturated carbocycles. The van der Waals surface area contributed by atoms with Crippen LogP contribution in [0.25, 0.3) is 6.08 Å². The molecule has 0 N–H and O–H groups in total. The molecule has 1 aromatic heterocycles. The van der Waals surface area contributed by atoms with Crippen molar-refractivity contribution < 1.29 is 9.53 Å². The van der Waals surface area contributed by atoms with Crippen LogP contribution >= 0.6 is 0 Å². The Morgan fingerprint density at radius 3 is 2.93 bits per heavy atom. The number of ether oxygens (including phenoxy) is 1. The number of hydrogen-bond acceptors (Lipinski definition) is 4. The number of aryl methyl sites for hydroxylation is 1. The first kappa shape index (κ1) is 11.4. The summed E-state index contributed by atoms with van der Waals surface area (Å²) in [5.41, 5.74) is 1.25. The zero-order chi connectivity index (χ0) is 11.3. The molecule has 0 amide bonds. The van der Waals surface area contributed by atoms with Gasteiger partial charge in [-0.15, -0.1) is 0 Å². The highest BCUT2D eigenvalue weighted by Gasteiger charge is 2.04. The normalized spacial score (nSPS) is 11.3. The third-order valence-corrected chi connectivity index (χ3v) is 1.76. The Bertz CT molecular complexity index is 386. The smallest absolute Gasteiger partial charge is 0.333 e. The number of carbonyl (C=O) groups excluding carboxylic acids is 1. The number of aromatic nitrogens is 2. The highest BCUT2D eigenvalue weighted by Crippen LogP contribution is 2.05. The minimum atomic E-state index is -0.311. The molecule has 0 aromatic carbocycles. The average Bonchev–Trinajstić information content (AvgIpc) is 2.18. The van der Waals surface area contributed by atoms with E-state index in [0.717, 1.165) is 0 Å². The molecule has 0 aliphatic carbocycles. The van der Waals surface area contributed by atoms with Crippen LogP contribution in [-0.2, 0) is 9.53 Å². The maximum absolute atomic E-state index is 11.3. The Morgan fingerprint density at radius 2 is 2.33 bits per heavy atom. The number of rotatable bonds is 3. The zero-order valence-corrected chi connectivity index (χ0v) is 9.15. The molecule has 4 heteroatoms. The third kappa shape index (κ3) is 3.50. The first-order valence-electron chi connectivity index (χ1n) is 4.78. The fourth-order valence-corrected chi connectivity index (χ4v) is 1.08. The molecule has 0 fully saturated rings. The largest absolute Gasteiger partial charge is 0.463 e. The Kier molecular flexibility index (Phi) is 3.97. The van der Waals surface area contributed by atoms with Crippen LogP contribution < -0.4 is 0 Å². The topological polar surface area (TPSA) is 52.1 Å². The molecular weight excluding hydrogens is 192 g/mol. The van der Waals surface area contributed by atoms with E-state index in [4.69, 9.17) is 4.74 Å². The molecular formula is C11H14N2O2. The standard InChI is InChI=1S/C11H14N2O2/c1-4-15-11(14)8(2)7-10-5-6-12-9(3)13-10/h5-7H,4H2,1-3H3/b8-7+. The van der Waals surface area contributed by atoms with E-state index >= 15 is 0 Å². The molecule has 0 saturated heterocycles. The third-order valence-electron chi connectivity index (χ3n) is 1.76. The van der Waals surface area contributed by atoms with Crippen molar-refractivity contribution in [3.8, 4) is 0 Å². The van der Waals surface area contributed by atoms with Crippen LogP contribution in [0.3, 0.4) is 0 Å². The van der Waals surface area contributed by atoms with Crippen molar-refractivity contribution in [1.82, 2.24) is 9.97 Å². The highest BCUT2D eigenvalue weighted by atomic mass is 16.5. The van der Waals surface area contributed by atoms with Gasteiger partial charge in [0.15, 0.2) is 0 Å². The lowest BCUT2D eigenvalue weighted by molar-refractivity contribution is -0.138. The summed E-state index contributed by atoms with van der Waals surface area (Å²) < 4.78 is 4.86. The van der Waals surface area contributed by atoms with Crippen LogP contribution in [0.5, 0.6) is 0 Å². The molecule has 1 heterocycles. The first-order valence-corrected chi connectivity index (χ1v) is 4.78. The molecule has 0 unspecified atom stereocenters. The van der Waals surface area contributed by atoms with Gasteiger partial charge in [0, 0.05) is 11.8 Å². The van der Waals surface area contributed by atoms with Crippen LogP contribution in [0.4, 0.5) is 0 Å². The van der Waals surface area contributed by atoms with Gasteiger partial charge < -0.3 is 4.74 Å². The van der Waals surface area contributed by atoms with Crippen molar-refractivity contribution >= 4 is 12.0 Å². The second-order valence-corrected chi connectivity index (χ2v) is 3.08. The lowest BCUT2D eigenvalue weighted by atomic mass is 10.2. The van der Waals surface area contributed by atoms with Gasteiger partial charge in [-0.25, -0.2) is 14.8 Å².